The number of rotatable bonds is 3. The highest BCUT2D eigenvalue weighted by atomic mass is 16.5. The lowest BCUT2D eigenvalue weighted by Gasteiger charge is -2.27. The van der Waals surface area contributed by atoms with Gasteiger partial charge in [-0.25, -0.2) is 0 Å². The first kappa shape index (κ1) is 11.4. The SMILES string of the molecule is CN1CCCC(C(C(O)O)C2CC2)CC1. The van der Waals surface area contributed by atoms with Crippen molar-refractivity contribution in [1.82, 2.24) is 4.90 Å². The van der Waals surface area contributed by atoms with Gasteiger partial charge in [-0.15, -0.1) is 0 Å². The van der Waals surface area contributed by atoms with E-state index in [1.807, 2.05) is 0 Å². The van der Waals surface area contributed by atoms with E-state index in [-0.39, 0.29) is 5.92 Å². The fourth-order valence-electron chi connectivity index (χ4n) is 3.00. The molecule has 0 radical (unpaired) electrons. The fourth-order valence-corrected chi connectivity index (χ4v) is 3.00. The maximum absolute atomic E-state index is 9.47. The number of hydrogen-bond acceptors (Lipinski definition) is 3. The summed E-state index contributed by atoms with van der Waals surface area (Å²) < 4.78 is 0. The average Bonchev–Trinajstić information content (AvgIpc) is 2.96. The van der Waals surface area contributed by atoms with Crippen LogP contribution in [0.15, 0.2) is 0 Å². The zero-order valence-corrected chi connectivity index (χ0v) is 9.60. The number of nitrogens with zero attached hydrogens (tertiary/aromatic N) is 1. The van der Waals surface area contributed by atoms with Gasteiger partial charge in [-0.05, 0) is 64.1 Å². The molecule has 2 fully saturated rings. The predicted molar refractivity (Wildman–Crippen MR) is 59.3 cm³/mol. The van der Waals surface area contributed by atoms with Crippen LogP contribution in [-0.4, -0.2) is 41.5 Å². The van der Waals surface area contributed by atoms with Crippen molar-refractivity contribution in [3.63, 3.8) is 0 Å². The molecule has 1 saturated heterocycles. The first-order valence-corrected chi connectivity index (χ1v) is 6.23. The van der Waals surface area contributed by atoms with E-state index in [0.717, 1.165) is 19.5 Å². The van der Waals surface area contributed by atoms with Gasteiger partial charge >= 0.3 is 0 Å². The Morgan fingerprint density at radius 2 is 1.67 bits per heavy atom. The van der Waals surface area contributed by atoms with Crippen LogP contribution in [0.5, 0.6) is 0 Å². The van der Waals surface area contributed by atoms with Crippen molar-refractivity contribution in [3.05, 3.63) is 0 Å². The summed E-state index contributed by atoms with van der Waals surface area (Å²) in [5.41, 5.74) is 0. The van der Waals surface area contributed by atoms with Crippen molar-refractivity contribution in [2.45, 2.75) is 38.4 Å². The number of hydrogen-bond donors (Lipinski definition) is 2. The largest absolute Gasteiger partial charge is 0.368 e. The molecule has 0 aromatic carbocycles. The molecule has 2 N–H and O–H groups in total. The normalized spacial score (nSPS) is 31.6. The number of aliphatic hydroxyl groups excluding tert-OH is 1. The van der Waals surface area contributed by atoms with Crippen LogP contribution in [0.1, 0.15) is 32.1 Å². The molecule has 1 heterocycles. The first-order chi connectivity index (χ1) is 7.18. The van der Waals surface area contributed by atoms with Crippen molar-refractivity contribution in [2.24, 2.45) is 17.8 Å². The summed E-state index contributed by atoms with van der Waals surface area (Å²) in [6.07, 6.45) is 4.82. The van der Waals surface area contributed by atoms with Crippen molar-refractivity contribution in [1.29, 1.82) is 0 Å². The van der Waals surface area contributed by atoms with Crippen molar-refractivity contribution < 1.29 is 10.2 Å². The molecule has 1 saturated carbocycles. The molecule has 0 aromatic rings. The molecule has 3 heteroatoms. The third-order valence-corrected chi connectivity index (χ3v) is 4.05. The lowest BCUT2D eigenvalue weighted by atomic mass is 9.82. The summed E-state index contributed by atoms with van der Waals surface area (Å²) in [5, 5.41) is 18.9. The molecular formula is C12H23NO2. The Balaban J connectivity index is 1.94. The molecule has 0 spiro atoms. The number of aliphatic hydroxyl groups is 2. The molecule has 88 valence electrons. The van der Waals surface area contributed by atoms with Gasteiger partial charge in [0.15, 0.2) is 6.29 Å². The molecule has 0 amide bonds. The van der Waals surface area contributed by atoms with E-state index in [9.17, 15) is 10.2 Å². The van der Waals surface area contributed by atoms with E-state index in [4.69, 9.17) is 0 Å². The molecule has 15 heavy (non-hydrogen) atoms. The van der Waals surface area contributed by atoms with Crippen LogP contribution in [0.25, 0.3) is 0 Å². The first-order valence-electron chi connectivity index (χ1n) is 6.23. The Morgan fingerprint density at radius 3 is 2.27 bits per heavy atom. The van der Waals surface area contributed by atoms with Crippen LogP contribution in [0, 0.1) is 17.8 Å². The quantitative estimate of drug-likeness (QED) is 0.689. The van der Waals surface area contributed by atoms with E-state index in [1.54, 1.807) is 0 Å². The van der Waals surface area contributed by atoms with Gasteiger partial charge in [-0.1, -0.05) is 0 Å². The molecule has 2 unspecified atom stereocenters. The van der Waals surface area contributed by atoms with Gasteiger partial charge in [0.05, 0.1) is 0 Å². The fraction of sp³-hybridized carbons (Fsp3) is 1.00. The second-order valence-corrected chi connectivity index (χ2v) is 5.32. The molecule has 1 aliphatic heterocycles. The summed E-state index contributed by atoms with van der Waals surface area (Å²) in [5.74, 6) is 1.28. The zero-order chi connectivity index (χ0) is 10.8. The molecule has 1 aliphatic carbocycles. The number of likely N-dealkylation sites (tertiary alicyclic amines) is 1. The molecule has 0 aromatic heterocycles. The average molecular weight is 213 g/mol. The van der Waals surface area contributed by atoms with Crippen LogP contribution in [0.3, 0.4) is 0 Å². The van der Waals surface area contributed by atoms with Crippen LogP contribution in [-0.2, 0) is 0 Å². The topological polar surface area (TPSA) is 43.7 Å². The lowest BCUT2D eigenvalue weighted by Crippen LogP contribution is -2.30. The van der Waals surface area contributed by atoms with Crippen LogP contribution < -0.4 is 0 Å². The lowest BCUT2D eigenvalue weighted by molar-refractivity contribution is -0.109. The molecule has 2 rings (SSSR count). The van der Waals surface area contributed by atoms with E-state index in [0.29, 0.717) is 11.8 Å². The Labute approximate surface area is 92.1 Å². The maximum Gasteiger partial charge on any atom is 0.154 e. The van der Waals surface area contributed by atoms with Crippen molar-refractivity contribution in [2.75, 3.05) is 20.1 Å². The molecule has 2 atom stereocenters. The minimum Gasteiger partial charge on any atom is -0.368 e. The van der Waals surface area contributed by atoms with Gasteiger partial charge in [0.1, 0.15) is 0 Å². The Hall–Kier alpha value is -0.120. The second-order valence-electron chi connectivity index (χ2n) is 5.32. The highest BCUT2D eigenvalue weighted by Gasteiger charge is 2.40. The molecule has 0 bridgehead atoms. The van der Waals surface area contributed by atoms with E-state index in [2.05, 4.69) is 11.9 Å². The van der Waals surface area contributed by atoms with E-state index < -0.39 is 6.29 Å². The molecule has 3 nitrogen and oxygen atoms in total. The van der Waals surface area contributed by atoms with Crippen molar-refractivity contribution >= 4 is 0 Å². The van der Waals surface area contributed by atoms with Crippen LogP contribution >= 0.6 is 0 Å². The summed E-state index contributed by atoms with van der Waals surface area (Å²) in [7, 11) is 2.16. The summed E-state index contributed by atoms with van der Waals surface area (Å²) in [4.78, 5) is 2.35. The maximum atomic E-state index is 9.47. The predicted octanol–water partition coefficient (Wildman–Crippen LogP) is 1.06. The molecular weight excluding hydrogens is 190 g/mol. The smallest absolute Gasteiger partial charge is 0.154 e. The Kier molecular flexibility index (Phi) is 3.65. The minimum atomic E-state index is -1.09. The van der Waals surface area contributed by atoms with Gasteiger partial charge < -0.3 is 15.1 Å². The van der Waals surface area contributed by atoms with Gasteiger partial charge in [-0.3, -0.25) is 0 Å². The minimum absolute atomic E-state index is 0.150. The summed E-state index contributed by atoms with van der Waals surface area (Å²) in [6, 6.07) is 0. The second kappa shape index (κ2) is 4.81. The molecule has 2 aliphatic rings. The Bertz CT molecular complexity index is 202. The highest BCUT2D eigenvalue weighted by molar-refractivity contribution is 4.88. The van der Waals surface area contributed by atoms with Gasteiger partial charge in [0, 0.05) is 5.92 Å². The Morgan fingerprint density at radius 1 is 1.00 bits per heavy atom. The zero-order valence-electron chi connectivity index (χ0n) is 9.60. The monoisotopic (exact) mass is 213 g/mol. The van der Waals surface area contributed by atoms with E-state index >= 15 is 0 Å². The van der Waals surface area contributed by atoms with Crippen molar-refractivity contribution in [3.8, 4) is 0 Å². The van der Waals surface area contributed by atoms with Crippen LogP contribution in [0.2, 0.25) is 0 Å². The van der Waals surface area contributed by atoms with Crippen LogP contribution in [0.4, 0.5) is 0 Å². The summed E-state index contributed by atoms with van der Waals surface area (Å²) in [6.45, 7) is 2.27. The van der Waals surface area contributed by atoms with Gasteiger partial charge in [0.2, 0.25) is 0 Å². The highest BCUT2D eigenvalue weighted by Crippen LogP contribution is 2.44. The summed E-state index contributed by atoms with van der Waals surface area (Å²) >= 11 is 0. The standard InChI is InChI=1S/C12H23NO2/c1-13-7-2-3-9(6-8-13)11(12(14)15)10-4-5-10/h9-12,14-15H,2-8H2,1H3. The third kappa shape index (κ3) is 2.92. The van der Waals surface area contributed by atoms with Gasteiger partial charge in [-0.2, -0.15) is 0 Å². The third-order valence-electron chi connectivity index (χ3n) is 4.05. The van der Waals surface area contributed by atoms with Gasteiger partial charge in [0.25, 0.3) is 0 Å². The van der Waals surface area contributed by atoms with E-state index in [1.165, 1.54) is 25.7 Å².